The lowest BCUT2D eigenvalue weighted by Crippen LogP contribution is -2.18. The van der Waals surface area contributed by atoms with Crippen molar-refractivity contribution in [3.8, 4) is 23.0 Å². The topological polar surface area (TPSA) is 80.9 Å². The summed E-state index contributed by atoms with van der Waals surface area (Å²) in [5.41, 5.74) is 22.4. The Labute approximate surface area is 373 Å². The molecule has 0 aliphatic heterocycles. The van der Waals surface area contributed by atoms with Gasteiger partial charge in [-0.3, -0.25) is 0 Å². The maximum atomic E-state index is 9.74. The molecule has 0 aliphatic carbocycles. The van der Waals surface area contributed by atoms with Gasteiger partial charge in [-0.05, 0) is 227 Å². The molecule has 0 saturated heterocycles. The Morgan fingerprint density at radius 2 is 0.500 bits per heavy atom. The molecule has 328 valence electrons. The van der Waals surface area contributed by atoms with Crippen LogP contribution in [0.1, 0.15) is 168 Å². The quantitative estimate of drug-likeness (QED) is 0.0881. The van der Waals surface area contributed by atoms with Crippen LogP contribution in [0.25, 0.3) is 0 Å². The van der Waals surface area contributed by atoms with E-state index in [1.165, 1.54) is 55.6 Å². The normalized spacial score (nSPS) is 11.5. The number of aromatic hydroxyl groups is 4. The second-order valence-electron chi connectivity index (χ2n) is 18.7. The van der Waals surface area contributed by atoms with Gasteiger partial charge in [0.25, 0.3) is 0 Å². The van der Waals surface area contributed by atoms with Crippen molar-refractivity contribution in [1.29, 1.82) is 0 Å². The van der Waals surface area contributed by atoms with Crippen LogP contribution >= 0.6 is 0 Å². The Morgan fingerprint density at radius 1 is 0.290 bits per heavy atom. The van der Waals surface area contributed by atoms with Crippen LogP contribution < -0.4 is 0 Å². The molecule has 0 heterocycles. The monoisotopic (exact) mass is 833 g/mol. The van der Waals surface area contributed by atoms with Crippen molar-refractivity contribution in [2.75, 3.05) is 0 Å². The van der Waals surface area contributed by atoms with Crippen LogP contribution in [0.3, 0.4) is 0 Å². The number of hydrogen-bond donors (Lipinski definition) is 4. The van der Waals surface area contributed by atoms with Gasteiger partial charge in [0.2, 0.25) is 0 Å². The minimum Gasteiger partial charge on any atom is -0.508 e. The highest BCUT2D eigenvalue weighted by molar-refractivity contribution is 5.58. The average Bonchev–Trinajstić information content (AvgIpc) is 3.23. The Kier molecular flexibility index (Phi) is 16.2. The van der Waals surface area contributed by atoms with E-state index in [-0.39, 0.29) is 0 Å². The van der Waals surface area contributed by atoms with Gasteiger partial charge in [-0.15, -0.1) is 0 Å². The van der Waals surface area contributed by atoms with Gasteiger partial charge in [-0.2, -0.15) is 0 Å². The van der Waals surface area contributed by atoms with Crippen LogP contribution in [-0.4, -0.2) is 20.4 Å². The smallest absolute Gasteiger partial charge is 0.115 e. The van der Waals surface area contributed by atoms with E-state index in [9.17, 15) is 20.4 Å². The molecule has 0 radical (unpaired) electrons. The van der Waals surface area contributed by atoms with Gasteiger partial charge in [-0.1, -0.05) is 104 Å². The van der Waals surface area contributed by atoms with E-state index in [0.717, 1.165) is 38.5 Å². The van der Waals surface area contributed by atoms with Crippen molar-refractivity contribution >= 4 is 0 Å². The van der Waals surface area contributed by atoms with Crippen molar-refractivity contribution < 1.29 is 20.4 Å². The molecule has 0 amide bonds. The third-order valence-corrected chi connectivity index (χ3v) is 13.0. The van der Waals surface area contributed by atoms with Gasteiger partial charge in [-0.25, -0.2) is 0 Å². The zero-order valence-corrected chi connectivity index (χ0v) is 39.6. The zero-order chi connectivity index (χ0) is 45.4. The molecule has 6 aromatic carbocycles. The summed E-state index contributed by atoms with van der Waals surface area (Å²) >= 11 is 0. The third kappa shape index (κ3) is 11.5. The molecular weight excluding hydrogens is 761 g/mol. The highest BCUT2D eigenvalue weighted by atomic mass is 16.3. The van der Waals surface area contributed by atoms with E-state index in [4.69, 9.17) is 0 Å². The van der Waals surface area contributed by atoms with Gasteiger partial charge in [0.15, 0.2) is 0 Å². The van der Waals surface area contributed by atoms with Crippen LogP contribution in [0.4, 0.5) is 0 Å². The van der Waals surface area contributed by atoms with E-state index < -0.39 is 0 Å². The van der Waals surface area contributed by atoms with Crippen LogP contribution in [0.2, 0.25) is 0 Å². The summed E-state index contributed by atoms with van der Waals surface area (Å²) in [5.74, 6) is 3.05. The van der Waals surface area contributed by atoms with E-state index in [2.05, 4.69) is 107 Å². The molecule has 6 aromatic rings. The predicted octanol–water partition coefficient (Wildman–Crippen LogP) is 14.7. The molecule has 0 aromatic heterocycles. The lowest BCUT2D eigenvalue weighted by Gasteiger charge is -2.33. The van der Waals surface area contributed by atoms with Gasteiger partial charge >= 0.3 is 0 Å². The summed E-state index contributed by atoms with van der Waals surface area (Å²) in [7, 11) is 0. The third-order valence-electron chi connectivity index (χ3n) is 13.0. The Morgan fingerprint density at radius 3 is 0.710 bits per heavy atom. The van der Waals surface area contributed by atoms with Crippen LogP contribution in [-0.2, 0) is 38.5 Å². The van der Waals surface area contributed by atoms with Gasteiger partial charge in [0.05, 0.1) is 0 Å². The summed E-state index contributed by atoms with van der Waals surface area (Å²) in [5, 5.41) is 38.5. The molecule has 62 heavy (non-hydrogen) atoms. The van der Waals surface area contributed by atoms with E-state index in [1.807, 2.05) is 24.3 Å². The summed E-state index contributed by atoms with van der Waals surface area (Å²) in [6.07, 6.45) is 5.73. The van der Waals surface area contributed by atoms with Crippen molar-refractivity contribution in [3.05, 3.63) is 186 Å². The van der Waals surface area contributed by atoms with E-state index in [0.29, 0.717) is 46.7 Å². The Bertz CT molecular complexity index is 2160. The second kappa shape index (κ2) is 21.1. The molecule has 4 heteroatoms. The number of phenolic OH excluding ortho intramolecular Hbond substituents is 4. The number of phenols is 4. The van der Waals surface area contributed by atoms with Gasteiger partial charge < -0.3 is 20.4 Å². The fraction of sp³-hybridized carbons (Fsp3) is 0.379. The average molecular weight is 833 g/mol. The minimum atomic E-state index is 0.304. The number of rotatable bonds is 14. The summed E-state index contributed by atoms with van der Waals surface area (Å²) in [4.78, 5) is 0. The fourth-order valence-corrected chi connectivity index (χ4v) is 9.61. The van der Waals surface area contributed by atoms with Crippen molar-refractivity contribution in [2.24, 2.45) is 0 Å². The summed E-state index contributed by atoms with van der Waals surface area (Å²) < 4.78 is 0. The van der Waals surface area contributed by atoms with Crippen molar-refractivity contribution in [2.45, 2.75) is 145 Å². The van der Waals surface area contributed by atoms with Crippen LogP contribution in [0.15, 0.2) is 97.1 Å². The van der Waals surface area contributed by atoms with Gasteiger partial charge in [0, 0.05) is 0 Å². The Hall–Kier alpha value is -5.48. The molecule has 6 rings (SSSR count). The van der Waals surface area contributed by atoms with Crippen LogP contribution in [0, 0.1) is 27.7 Å². The molecule has 0 saturated carbocycles. The largest absolute Gasteiger partial charge is 0.508 e. The molecule has 4 nitrogen and oxygen atoms in total. The molecular formula is C58H72O4. The fourth-order valence-electron chi connectivity index (χ4n) is 9.61. The predicted molar refractivity (Wildman–Crippen MR) is 261 cm³/mol. The molecule has 4 N–H and O–H groups in total. The maximum absolute atomic E-state index is 9.74. The molecule has 0 fully saturated rings. The second-order valence-corrected chi connectivity index (χ2v) is 18.7. The summed E-state index contributed by atoms with van der Waals surface area (Å²) in [6, 6.07) is 30.4. The minimum absolute atomic E-state index is 0.304. The highest BCUT2D eigenvalue weighted by Gasteiger charge is 2.28. The number of aryl methyl sites for hydroxylation is 2. The van der Waals surface area contributed by atoms with Crippen molar-refractivity contribution in [3.63, 3.8) is 0 Å². The highest BCUT2D eigenvalue weighted by Crippen LogP contribution is 2.44. The van der Waals surface area contributed by atoms with E-state index >= 15 is 0 Å². The molecule has 0 bridgehead atoms. The van der Waals surface area contributed by atoms with Crippen molar-refractivity contribution in [1.82, 2.24) is 0 Å². The Balaban J connectivity index is 0.000000246. The SMILES string of the molecule is CC(C)c1c(CCc2ccc(O)cc2)c(C(C)C)c(C(C)C)c(CCc2ccc(O)cc2)c1C(C)C.Cc1c(C)c(Cc2ccc(O)cc2)c(C)c(C)c1Cc1ccc(O)cc1. The van der Waals surface area contributed by atoms with Gasteiger partial charge in [0.1, 0.15) is 23.0 Å². The first-order valence-electron chi connectivity index (χ1n) is 22.8. The first-order valence-corrected chi connectivity index (χ1v) is 22.8. The number of hydrogen-bond acceptors (Lipinski definition) is 4. The zero-order valence-electron chi connectivity index (χ0n) is 39.6. The first-order chi connectivity index (χ1) is 29.4. The molecule has 0 spiro atoms. The molecule has 0 atom stereocenters. The van der Waals surface area contributed by atoms with E-state index in [1.54, 1.807) is 81.9 Å². The molecule has 0 aliphatic rings. The standard InChI is InChI=1S/C34H46O2.C24H26O2/c1-21(2)31-29(19-13-25-9-15-27(35)16-10-25)33(23(5)6)34(24(7)8)30(32(31)22(3)4)20-14-26-11-17-28(36)18-12-26;1-15-16(2)24(14-20-7-11-22(26)12-8-20)18(4)17(3)23(15)13-19-5-9-21(25)10-6-19/h9-12,15-18,21-24,35-36H,13-14,19-20H2,1-8H3;5-12,25-26H,13-14H2,1-4H3. The number of benzene rings is 6. The van der Waals surface area contributed by atoms with Crippen LogP contribution in [0.5, 0.6) is 23.0 Å². The molecule has 0 unspecified atom stereocenters. The maximum Gasteiger partial charge on any atom is 0.115 e. The first kappa shape index (κ1) is 47.6. The summed E-state index contributed by atoms with van der Waals surface area (Å²) in [6.45, 7) is 27.7. The lowest BCUT2D eigenvalue weighted by atomic mass is 9.72. The lowest BCUT2D eigenvalue weighted by molar-refractivity contribution is 0.474.